The van der Waals surface area contributed by atoms with Gasteiger partial charge in [0.15, 0.2) is 0 Å². The van der Waals surface area contributed by atoms with Crippen molar-refractivity contribution < 1.29 is 5.11 Å². The zero-order valence-corrected chi connectivity index (χ0v) is 10.5. The molecule has 0 aliphatic heterocycles. The van der Waals surface area contributed by atoms with Crippen molar-refractivity contribution in [3.63, 3.8) is 0 Å². The first-order chi connectivity index (χ1) is 7.26. The van der Waals surface area contributed by atoms with E-state index in [1.165, 1.54) is 25.0 Å². The van der Waals surface area contributed by atoms with Crippen LogP contribution in [-0.2, 0) is 13.6 Å². The van der Waals surface area contributed by atoms with Gasteiger partial charge in [0.05, 0.1) is 5.69 Å². The van der Waals surface area contributed by atoms with E-state index in [1.54, 1.807) is 0 Å². The molecule has 4 nitrogen and oxygen atoms in total. The molecule has 2 N–H and O–H groups in total. The van der Waals surface area contributed by atoms with Crippen LogP contribution >= 0.6 is 12.4 Å². The molecule has 0 atom stereocenters. The van der Waals surface area contributed by atoms with Gasteiger partial charge in [0.2, 0.25) is 0 Å². The molecule has 0 bridgehead atoms. The van der Waals surface area contributed by atoms with Gasteiger partial charge in [-0.1, -0.05) is 0 Å². The standard InChI is InChI=1S/C11H19N3O.ClH/c1-14-10(3-7-13-14)9-12-11(6-8-15)4-2-5-11;/h3,7,12,15H,2,4-6,8-9H2,1H3;1H. The molecular weight excluding hydrogens is 226 g/mol. The fourth-order valence-electron chi connectivity index (χ4n) is 2.19. The van der Waals surface area contributed by atoms with Crippen LogP contribution in [0.5, 0.6) is 0 Å². The van der Waals surface area contributed by atoms with Crippen LogP contribution in [0.4, 0.5) is 0 Å². The molecule has 1 fully saturated rings. The molecule has 0 aromatic carbocycles. The van der Waals surface area contributed by atoms with Crippen molar-refractivity contribution in [3.05, 3.63) is 18.0 Å². The first kappa shape index (κ1) is 13.5. The molecule has 5 heteroatoms. The molecule has 0 saturated heterocycles. The number of aliphatic hydroxyl groups is 1. The molecule has 1 aromatic heterocycles. The molecule has 1 saturated carbocycles. The number of nitrogens with one attached hydrogen (secondary N) is 1. The van der Waals surface area contributed by atoms with Gasteiger partial charge in [0.25, 0.3) is 0 Å². The second kappa shape index (κ2) is 5.66. The smallest absolute Gasteiger partial charge is 0.0518 e. The zero-order chi connectivity index (χ0) is 10.7. The first-order valence-electron chi connectivity index (χ1n) is 5.59. The molecule has 1 heterocycles. The van der Waals surface area contributed by atoms with Crippen LogP contribution in [0, 0.1) is 0 Å². The highest BCUT2D eigenvalue weighted by molar-refractivity contribution is 5.85. The normalized spacial score (nSPS) is 17.6. The van der Waals surface area contributed by atoms with Crippen molar-refractivity contribution in [2.24, 2.45) is 7.05 Å². The van der Waals surface area contributed by atoms with Gasteiger partial charge in [-0.3, -0.25) is 4.68 Å². The van der Waals surface area contributed by atoms with E-state index in [-0.39, 0.29) is 24.6 Å². The molecule has 92 valence electrons. The number of hydrogen-bond acceptors (Lipinski definition) is 3. The summed E-state index contributed by atoms with van der Waals surface area (Å²) in [5.41, 5.74) is 1.39. The number of aryl methyl sites for hydroxylation is 1. The summed E-state index contributed by atoms with van der Waals surface area (Å²) >= 11 is 0. The van der Waals surface area contributed by atoms with Crippen molar-refractivity contribution in [2.75, 3.05) is 6.61 Å². The highest BCUT2D eigenvalue weighted by atomic mass is 35.5. The SMILES string of the molecule is Cl.Cn1nccc1CNC1(CCO)CCC1. The van der Waals surface area contributed by atoms with Gasteiger partial charge in [-0.05, 0) is 31.7 Å². The quantitative estimate of drug-likeness (QED) is 0.821. The third-order valence-corrected chi connectivity index (χ3v) is 3.47. The monoisotopic (exact) mass is 245 g/mol. The fourth-order valence-corrected chi connectivity index (χ4v) is 2.19. The van der Waals surface area contributed by atoms with E-state index in [4.69, 9.17) is 5.11 Å². The van der Waals surface area contributed by atoms with Crippen LogP contribution < -0.4 is 5.32 Å². The predicted molar refractivity (Wildman–Crippen MR) is 65.6 cm³/mol. The molecule has 0 amide bonds. The first-order valence-corrected chi connectivity index (χ1v) is 5.59. The lowest BCUT2D eigenvalue weighted by atomic mass is 9.74. The number of rotatable bonds is 5. The molecular formula is C11H20ClN3O. The summed E-state index contributed by atoms with van der Waals surface area (Å²) in [6, 6.07) is 2.03. The van der Waals surface area contributed by atoms with E-state index < -0.39 is 0 Å². The maximum absolute atomic E-state index is 9.02. The van der Waals surface area contributed by atoms with Gasteiger partial charge >= 0.3 is 0 Å². The molecule has 1 aromatic rings. The molecule has 2 rings (SSSR count). The average Bonchev–Trinajstić information content (AvgIpc) is 2.56. The van der Waals surface area contributed by atoms with Gasteiger partial charge in [-0.25, -0.2) is 0 Å². The summed E-state index contributed by atoms with van der Waals surface area (Å²) in [5, 5.41) is 16.7. The van der Waals surface area contributed by atoms with Crippen LogP contribution in [0.2, 0.25) is 0 Å². The van der Waals surface area contributed by atoms with E-state index in [0.29, 0.717) is 0 Å². The Hall–Kier alpha value is -0.580. The van der Waals surface area contributed by atoms with Gasteiger partial charge < -0.3 is 10.4 Å². The lowest BCUT2D eigenvalue weighted by Crippen LogP contribution is -2.51. The van der Waals surface area contributed by atoms with Crippen LogP contribution in [0.25, 0.3) is 0 Å². The summed E-state index contributed by atoms with van der Waals surface area (Å²) in [4.78, 5) is 0. The van der Waals surface area contributed by atoms with E-state index in [9.17, 15) is 0 Å². The minimum absolute atomic E-state index is 0. The molecule has 16 heavy (non-hydrogen) atoms. The summed E-state index contributed by atoms with van der Waals surface area (Å²) in [6.07, 6.45) is 6.33. The van der Waals surface area contributed by atoms with Crippen molar-refractivity contribution >= 4 is 12.4 Å². The van der Waals surface area contributed by atoms with Crippen molar-refractivity contribution in [1.29, 1.82) is 0 Å². The number of hydrogen-bond donors (Lipinski definition) is 2. The second-order valence-electron chi connectivity index (χ2n) is 4.41. The van der Waals surface area contributed by atoms with Crippen molar-refractivity contribution in [1.82, 2.24) is 15.1 Å². The van der Waals surface area contributed by atoms with Crippen LogP contribution in [-0.4, -0.2) is 27.0 Å². The van der Waals surface area contributed by atoms with E-state index in [1.807, 2.05) is 24.0 Å². The van der Waals surface area contributed by atoms with E-state index >= 15 is 0 Å². The highest BCUT2D eigenvalue weighted by Gasteiger charge is 2.35. The molecule has 1 aliphatic carbocycles. The Morgan fingerprint density at radius 2 is 2.31 bits per heavy atom. The number of aromatic nitrogens is 2. The molecule has 0 radical (unpaired) electrons. The topological polar surface area (TPSA) is 50.1 Å². The summed E-state index contributed by atoms with van der Waals surface area (Å²) in [7, 11) is 1.95. The van der Waals surface area contributed by atoms with Crippen molar-refractivity contribution in [3.8, 4) is 0 Å². The van der Waals surface area contributed by atoms with Gasteiger partial charge in [0.1, 0.15) is 0 Å². The van der Waals surface area contributed by atoms with E-state index in [0.717, 1.165) is 13.0 Å². The number of halogens is 1. The van der Waals surface area contributed by atoms with Gasteiger partial charge in [-0.2, -0.15) is 5.10 Å². The van der Waals surface area contributed by atoms with E-state index in [2.05, 4.69) is 10.4 Å². The van der Waals surface area contributed by atoms with Crippen LogP contribution in [0.1, 0.15) is 31.4 Å². The number of aliphatic hydroxyl groups excluding tert-OH is 1. The maximum atomic E-state index is 9.02. The molecule has 0 spiro atoms. The fraction of sp³-hybridized carbons (Fsp3) is 0.727. The summed E-state index contributed by atoms with van der Waals surface area (Å²) in [6.45, 7) is 1.12. The largest absolute Gasteiger partial charge is 0.396 e. The van der Waals surface area contributed by atoms with Gasteiger partial charge in [0, 0.05) is 31.9 Å². The van der Waals surface area contributed by atoms with Gasteiger partial charge in [-0.15, -0.1) is 12.4 Å². The Bertz CT molecular complexity index is 323. The minimum Gasteiger partial charge on any atom is -0.396 e. The summed E-state index contributed by atoms with van der Waals surface area (Å²) in [5.74, 6) is 0. The Kier molecular flexibility index (Phi) is 4.77. The Balaban J connectivity index is 0.00000128. The van der Waals surface area contributed by atoms with Crippen LogP contribution in [0.15, 0.2) is 12.3 Å². The highest BCUT2D eigenvalue weighted by Crippen LogP contribution is 2.34. The Morgan fingerprint density at radius 3 is 2.75 bits per heavy atom. The van der Waals surface area contributed by atoms with Crippen molar-refractivity contribution in [2.45, 2.75) is 37.8 Å². The lowest BCUT2D eigenvalue weighted by molar-refractivity contribution is 0.129. The van der Waals surface area contributed by atoms with Crippen LogP contribution in [0.3, 0.4) is 0 Å². The lowest BCUT2D eigenvalue weighted by Gasteiger charge is -2.42. The third kappa shape index (κ3) is 2.75. The summed E-state index contributed by atoms with van der Waals surface area (Å²) < 4.78 is 1.89. The minimum atomic E-state index is 0. The third-order valence-electron chi connectivity index (χ3n) is 3.47. The predicted octanol–water partition coefficient (Wildman–Crippen LogP) is 1.24. The Morgan fingerprint density at radius 1 is 1.56 bits per heavy atom. The maximum Gasteiger partial charge on any atom is 0.0518 e. The Labute approximate surface area is 102 Å². The number of nitrogens with zero attached hydrogens (tertiary/aromatic N) is 2. The zero-order valence-electron chi connectivity index (χ0n) is 9.65. The molecule has 0 unspecified atom stereocenters. The average molecular weight is 246 g/mol. The second-order valence-corrected chi connectivity index (χ2v) is 4.41. The molecule has 1 aliphatic rings.